The monoisotopic (exact) mass is 544 g/mol. The zero-order chi connectivity index (χ0) is 27.6. The lowest BCUT2D eigenvalue weighted by Gasteiger charge is -2.12. The molecule has 0 spiro atoms. The van der Waals surface area contributed by atoms with E-state index in [1.54, 1.807) is 43.3 Å². The summed E-state index contributed by atoms with van der Waals surface area (Å²) < 4.78 is 16.4. The molecule has 8 nitrogen and oxygen atoms in total. The zero-order valence-corrected chi connectivity index (χ0v) is 22.4. The van der Waals surface area contributed by atoms with Crippen LogP contribution in [-0.2, 0) is 9.53 Å². The van der Waals surface area contributed by atoms with Crippen LogP contribution in [-0.4, -0.2) is 37.6 Å². The molecule has 1 heterocycles. The Morgan fingerprint density at radius 2 is 1.51 bits per heavy atom. The molecule has 9 heteroatoms. The van der Waals surface area contributed by atoms with Gasteiger partial charge in [0.2, 0.25) is 0 Å². The van der Waals surface area contributed by atoms with Crippen LogP contribution in [0.4, 0.5) is 10.7 Å². The molecule has 0 atom stereocenters. The smallest absolute Gasteiger partial charge is 0.341 e. The number of nitrogens with one attached hydrogen (secondary N) is 2. The maximum absolute atomic E-state index is 12.7. The maximum Gasteiger partial charge on any atom is 0.341 e. The first kappa shape index (κ1) is 27.4. The molecule has 0 bridgehead atoms. The van der Waals surface area contributed by atoms with Gasteiger partial charge in [-0.3, -0.25) is 9.59 Å². The van der Waals surface area contributed by atoms with Gasteiger partial charge < -0.3 is 24.8 Å². The molecule has 4 rings (SSSR count). The summed E-state index contributed by atoms with van der Waals surface area (Å²) in [5.41, 5.74) is 2.84. The zero-order valence-electron chi connectivity index (χ0n) is 21.6. The number of para-hydroxylation sites is 2. The molecule has 0 aliphatic rings. The minimum atomic E-state index is -0.508. The highest BCUT2D eigenvalue weighted by Gasteiger charge is 2.23. The lowest BCUT2D eigenvalue weighted by molar-refractivity contribution is -0.118. The van der Waals surface area contributed by atoms with Crippen molar-refractivity contribution in [2.45, 2.75) is 13.8 Å². The number of hydrogen-bond donors (Lipinski definition) is 2. The summed E-state index contributed by atoms with van der Waals surface area (Å²) in [5, 5.41) is 7.80. The summed E-state index contributed by atoms with van der Waals surface area (Å²) in [4.78, 5) is 38.0. The van der Waals surface area contributed by atoms with Gasteiger partial charge in [-0.15, -0.1) is 11.3 Å². The molecule has 3 aromatic carbocycles. The summed E-state index contributed by atoms with van der Waals surface area (Å²) >= 11 is 1.24. The molecule has 0 radical (unpaired) electrons. The van der Waals surface area contributed by atoms with Crippen molar-refractivity contribution in [1.29, 1.82) is 0 Å². The molecule has 4 aromatic rings. The number of anilines is 2. The van der Waals surface area contributed by atoms with E-state index in [0.29, 0.717) is 45.5 Å². The topological polar surface area (TPSA) is 103 Å². The number of ether oxygens (including phenoxy) is 3. The Morgan fingerprint density at radius 1 is 0.795 bits per heavy atom. The van der Waals surface area contributed by atoms with Crippen LogP contribution in [0.5, 0.6) is 11.5 Å². The Morgan fingerprint density at radius 3 is 2.23 bits per heavy atom. The molecule has 0 saturated heterocycles. The second kappa shape index (κ2) is 13.3. The van der Waals surface area contributed by atoms with E-state index in [2.05, 4.69) is 10.6 Å². The number of amides is 2. The molecule has 0 aliphatic heterocycles. The van der Waals surface area contributed by atoms with Gasteiger partial charge in [0.15, 0.2) is 6.61 Å². The Kier molecular flexibility index (Phi) is 9.31. The standard InChI is InChI=1S/C30H28N2O6S/c1-3-36-25-13-9-8-12-24(25)31-28(34)21-14-16-22(17-15-21)38-18-26(33)32-29-27(30(35)37-4-2)23(19-39-29)20-10-6-5-7-11-20/h5-17,19H,3-4,18H2,1-2H3,(H,31,34)(H,32,33). The van der Waals surface area contributed by atoms with Crippen molar-refractivity contribution in [1.82, 2.24) is 0 Å². The van der Waals surface area contributed by atoms with Crippen molar-refractivity contribution in [3.63, 3.8) is 0 Å². The van der Waals surface area contributed by atoms with Gasteiger partial charge in [-0.1, -0.05) is 42.5 Å². The van der Waals surface area contributed by atoms with Gasteiger partial charge in [-0.25, -0.2) is 4.79 Å². The lowest BCUT2D eigenvalue weighted by atomic mass is 10.0. The van der Waals surface area contributed by atoms with Crippen LogP contribution < -0.4 is 20.1 Å². The van der Waals surface area contributed by atoms with Gasteiger partial charge in [-0.2, -0.15) is 0 Å². The van der Waals surface area contributed by atoms with Crippen LogP contribution in [0.1, 0.15) is 34.6 Å². The van der Waals surface area contributed by atoms with Crippen LogP contribution in [0.25, 0.3) is 11.1 Å². The molecule has 2 N–H and O–H groups in total. The second-order valence-electron chi connectivity index (χ2n) is 8.18. The van der Waals surface area contributed by atoms with Crippen LogP contribution in [0.2, 0.25) is 0 Å². The summed E-state index contributed by atoms with van der Waals surface area (Å²) in [6.45, 7) is 4.02. The molecule has 2 amide bonds. The van der Waals surface area contributed by atoms with Crippen molar-refractivity contribution in [3.05, 3.63) is 95.4 Å². The molecular formula is C30H28N2O6S. The highest BCUT2D eigenvalue weighted by atomic mass is 32.1. The van der Waals surface area contributed by atoms with E-state index in [9.17, 15) is 14.4 Å². The number of hydrogen-bond acceptors (Lipinski definition) is 7. The lowest BCUT2D eigenvalue weighted by Crippen LogP contribution is -2.21. The van der Waals surface area contributed by atoms with Crippen LogP contribution >= 0.6 is 11.3 Å². The summed E-state index contributed by atoms with van der Waals surface area (Å²) in [5.74, 6) is -0.238. The minimum absolute atomic E-state index is 0.215. The average molecular weight is 545 g/mol. The first-order chi connectivity index (χ1) is 19.0. The summed E-state index contributed by atoms with van der Waals surface area (Å²) in [7, 11) is 0. The Balaban J connectivity index is 1.38. The first-order valence-corrected chi connectivity index (χ1v) is 13.3. The molecule has 1 aromatic heterocycles. The van der Waals surface area contributed by atoms with Crippen molar-refractivity contribution < 1.29 is 28.6 Å². The number of carbonyl (C=O) groups is 3. The molecule has 0 fully saturated rings. The predicted octanol–water partition coefficient (Wildman–Crippen LogP) is 6.26. The summed E-state index contributed by atoms with van der Waals surface area (Å²) in [6, 6.07) is 23.1. The van der Waals surface area contributed by atoms with Crippen LogP contribution in [0.15, 0.2) is 84.2 Å². The summed E-state index contributed by atoms with van der Waals surface area (Å²) in [6.07, 6.45) is 0. The SMILES string of the molecule is CCOC(=O)c1c(-c2ccccc2)csc1NC(=O)COc1ccc(C(=O)Nc2ccccc2OCC)cc1. The normalized spacial score (nSPS) is 10.4. The number of rotatable bonds is 11. The van der Waals surface area contributed by atoms with Gasteiger partial charge in [0.25, 0.3) is 11.8 Å². The van der Waals surface area contributed by atoms with E-state index in [1.807, 2.05) is 54.8 Å². The van der Waals surface area contributed by atoms with Gasteiger partial charge in [-0.05, 0) is 55.8 Å². The fourth-order valence-electron chi connectivity index (χ4n) is 3.75. The van der Waals surface area contributed by atoms with Crippen molar-refractivity contribution in [2.24, 2.45) is 0 Å². The minimum Gasteiger partial charge on any atom is -0.492 e. The van der Waals surface area contributed by atoms with Gasteiger partial charge in [0, 0.05) is 16.5 Å². The van der Waals surface area contributed by atoms with Crippen molar-refractivity contribution in [2.75, 3.05) is 30.5 Å². The Bertz CT molecular complexity index is 1430. The Labute approximate surface area is 230 Å². The van der Waals surface area contributed by atoms with Crippen molar-refractivity contribution >= 4 is 39.8 Å². The fourth-order valence-corrected chi connectivity index (χ4v) is 4.72. The molecular weight excluding hydrogens is 516 g/mol. The van der Waals surface area contributed by atoms with E-state index >= 15 is 0 Å². The van der Waals surface area contributed by atoms with Crippen molar-refractivity contribution in [3.8, 4) is 22.6 Å². The van der Waals surface area contributed by atoms with Gasteiger partial charge in [0.05, 0.1) is 18.9 Å². The third-order valence-electron chi connectivity index (χ3n) is 5.53. The van der Waals surface area contributed by atoms with Crippen LogP contribution in [0, 0.1) is 0 Å². The van der Waals surface area contributed by atoms with E-state index in [1.165, 1.54) is 11.3 Å². The molecule has 0 saturated carbocycles. The highest BCUT2D eigenvalue weighted by molar-refractivity contribution is 7.15. The third kappa shape index (κ3) is 7.03. The largest absolute Gasteiger partial charge is 0.492 e. The van der Waals surface area contributed by atoms with Gasteiger partial charge >= 0.3 is 5.97 Å². The van der Waals surface area contributed by atoms with E-state index < -0.39 is 11.9 Å². The number of carbonyl (C=O) groups excluding carboxylic acids is 3. The third-order valence-corrected chi connectivity index (χ3v) is 6.43. The second-order valence-corrected chi connectivity index (χ2v) is 9.06. The quantitative estimate of drug-likeness (QED) is 0.216. The van der Waals surface area contributed by atoms with Crippen LogP contribution in [0.3, 0.4) is 0 Å². The number of thiophene rings is 1. The van der Waals surface area contributed by atoms with E-state index in [-0.39, 0.29) is 19.1 Å². The average Bonchev–Trinajstić information content (AvgIpc) is 3.37. The maximum atomic E-state index is 12.7. The number of esters is 1. The molecule has 0 unspecified atom stereocenters. The molecule has 200 valence electrons. The predicted molar refractivity (Wildman–Crippen MR) is 152 cm³/mol. The number of benzene rings is 3. The van der Waals surface area contributed by atoms with E-state index in [0.717, 1.165) is 5.56 Å². The fraction of sp³-hybridized carbons (Fsp3) is 0.167. The van der Waals surface area contributed by atoms with Gasteiger partial charge in [0.1, 0.15) is 22.1 Å². The van der Waals surface area contributed by atoms with E-state index in [4.69, 9.17) is 14.2 Å². The first-order valence-electron chi connectivity index (χ1n) is 12.4. The molecule has 0 aliphatic carbocycles. The highest BCUT2D eigenvalue weighted by Crippen LogP contribution is 2.36. The Hall–Kier alpha value is -4.63. The molecule has 39 heavy (non-hydrogen) atoms.